The summed E-state index contributed by atoms with van der Waals surface area (Å²) in [5, 5.41) is 8.19. The maximum Gasteiger partial charge on any atom is 1.00 e. The molecule has 0 aliphatic rings. The third-order valence-corrected chi connectivity index (χ3v) is 5.37. The molecule has 6 heteroatoms. The molecule has 0 aliphatic heterocycles. The fourth-order valence-electron chi connectivity index (χ4n) is 2.64. The largest absolute Gasteiger partial charge is 1.00 e. The van der Waals surface area contributed by atoms with Gasteiger partial charge >= 0.3 is 29.6 Å². The molecule has 0 aromatic carbocycles. The van der Waals surface area contributed by atoms with Crippen molar-refractivity contribution in [2.24, 2.45) is 0 Å². The van der Waals surface area contributed by atoms with E-state index in [0.29, 0.717) is 6.42 Å². The van der Waals surface area contributed by atoms with Crippen LogP contribution in [0.5, 0.6) is 0 Å². The quantitative estimate of drug-likeness (QED) is 0.290. The number of aliphatic hydroxyl groups is 1. The van der Waals surface area contributed by atoms with Crippen LogP contribution in [0.3, 0.4) is 0 Å². The second-order valence-electron chi connectivity index (χ2n) is 6.10. The summed E-state index contributed by atoms with van der Waals surface area (Å²) in [4.78, 5) is 0. The summed E-state index contributed by atoms with van der Waals surface area (Å²) in [5.74, 6) is 0. The van der Waals surface area contributed by atoms with Crippen LogP contribution in [0.25, 0.3) is 0 Å². The molecular weight excluding hydrogens is 311 g/mol. The Morgan fingerprint density at radius 3 is 1.55 bits per heavy atom. The molecule has 0 radical (unpaired) electrons. The third kappa shape index (κ3) is 14.5. The molecule has 4 nitrogen and oxygen atoms in total. The van der Waals surface area contributed by atoms with Crippen LogP contribution < -0.4 is 29.6 Å². The molecule has 2 atom stereocenters. The maximum absolute atomic E-state index is 11.0. The zero-order valence-electron chi connectivity index (χ0n) is 14.7. The second-order valence-corrected chi connectivity index (χ2v) is 7.69. The molecule has 0 rings (SSSR count). The smallest absolute Gasteiger partial charge is 0.748 e. The van der Waals surface area contributed by atoms with Crippen molar-refractivity contribution in [3.05, 3.63) is 0 Å². The van der Waals surface area contributed by atoms with Gasteiger partial charge < -0.3 is 9.66 Å². The van der Waals surface area contributed by atoms with E-state index in [1.807, 2.05) is 0 Å². The van der Waals surface area contributed by atoms with Crippen LogP contribution in [0.4, 0.5) is 0 Å². The second kappa shape index (κ2) is 15.4. The molecule has 1 N–H and O–H groups in total. The first-order valence-electron chi connectivity index (χ1n) is 8.52. The minimum absolute atomic E-state index is 0. The summed E-state index contributed by atoms with van der Waals surface area (Å²) < 4.78 is 32.9. The summed E-state index contributed by atoms with van der Waals surface area (Å²) in [7, 11) is -4.38. The van der Waals surface area contributed by atoms with Crippen LogP contribution in [-0.2, 0) is 10.1 Å². The summed E-state index contributed by atoms with van der Waals surface area (Å²) in [6.07, 6.45) is 12.3. The first-order valence-corrected chi connectivity index (χ1v) is 9.99. The molecule has 0 fully saturated rings. The van der Waals surface area contributed by atoms with Crippen LogP contribution >= 0.6 is 0 Å². The Morgan fingerprint density at radius 2 is 1.23 bits per heavy atom. The van der Waals surface area contributed by atoms with E-state index in [0.717, 1.165) is 12.8 Å². The summed E-state index contributed by atoms with van der Waals surface area (Å²) >= 11 is 0. The van der Waals surface area contributed by atoms with E-state index >= 15 is 0 Å². The monoisotopic (exact) mass is 344 g/mol. The van der Waals surface area contributed by atoms with E-state index in [1.54, 1.807) is 0 Å². The van der Waals surface area contributed by atoms with Gasteiger partial charge in [-0.2, -0.15) is 0 Å². The van der Waals surface area contributed by atoms with E-state index < -0.39 is 21.5 Å². The molecule has 22 heavy (non-hydrogen) atoms. The fourth-order valence-corrected chi connectivity index (χ4v) is 3.57. The zero-order valence-corrected chi connectivity index (χ0v) is 17.5. The number of unbranched alkanes of at least 4 members (excludes halogenated alkanes) is 10. The van der Waals surface area contributed by atoms with Gasteiger partial charge in [-0.05, 0) is 13.3 Å². The summed E-state index contributed by atoms with van der Waals surface area (Å²) in [6, 6.07) is 0. The maximum atomic E-state index is 11.0. The number of rotatable bonds is 14. The van der Waals surface area contributed by atoms with E-state index in [2.05, 4.69) is 6.92 Å². The van der Waals surface area contributed by atoms with Crippen molar-refractivity contribution in [3.63, 3.8) is 0 Å². The molecule has 0 aliphatic carbocycles. The number of aliphatic hydroxyl groups excluding tert-OH is 1. The van der Waals surface area contributed by atoms with Crippen molar-refractivity contribution in [2.75, 3.05) is 0 Å². The topological polar surface area (TPSA) is 77.4 Å². The molecule has 0 saturated carbocycles. The molecule has 0 heterocycles. The van der Waals surface area contributed by atoms with E-state index in [4.69, 9.17) is 0 Å². The minimum Gasteiger partial charge on any atom is -0.748 e. The van der Waals surface area contributed by atoms with Gasteiger partial charge in [0, 0.05) is 0 Å². The van der Waals surface area contributed by atoms with Crippen molar-refractivity contribution in [1.82, 2.24) is 0 Å². The molecule has 0 amide bonds. The molecule has 0 bridgehead atoms. The Labute approximate surface area is 159 Å². The van der Waals surface area contributed by atoms with Gasteiger partial charge in [0.2, 0.25) is 0 Å². The van der Waals surface area contributed by atoms with Gasteiger partial charge in [0.1, 0.15) is 10.1 Å². The number of hydrogen-bond acceptors (Lipinski definition) is 4. The predicted molar refractivity (Wildman–Crippen MR) is 86.2 cm³/mol. The minimum atomic E-state index is -4.38. The average molecular weight is 344 g/mol. The summed E-state index contributed by atoms with van der Waals surface area (Å²) in [5.41, 5.74) is 0. The van der Waals surface area contributed by atoms with Crippen LogP contribution in [-0.4, -0.2) is 29.4 Å². The van der Waals surface area contributed by atoms with E-state index in [1.165, 1.54) is 58.3 Å². The zero-order chi connectivity index (χ0) is 16.1. The van der Waals surface area contributed by atoms with Crippen molar-refractivity contribution in [3.8, 4) is 0 Å². The van der Waals surface area contributed by atoms with E-state index in [-0.39, 0.29) is 36.0 Å². The van der Waals surface area contributed by atoms with Crippen LogP contribution in [0.15, 0.2) is 0 Å². The Hall–Kier alpha value is 0.870. The van der Waals surface area contributed by atoms with Gasteiger partial charge in [-0.15, -0.1) is 0 Å². The molecule has 0 aromatic rings. The normalized spacial score (nSPS) is 14.4. The van der Waals surface area contributed by atoms with Crippen LogP contribution in [0.1, 0.15) is 90.9 Å². The molecular formula is C16H33NaO4S. The van der Waals surface area contributed by atoms with Crippen molar-refractivity contribution >= 4 is 10.1 Å². The molecule has 2 unspecified atom stereocenters. The van der Waals surface area contributed by atoms with Crippen molar-refractivity contribution < 1.29 is 47.6 Å². The standard InChI is InChI=1S/C16H34O4S.Na/c1-3-4-5-6-7-8-9-10-11-12-13-14-16(15(2)17)21(18,19)20;/h15-17H,3-14H2,1-2H3,(H,18,19,20);/q;+1/p-1. The first kappa shape index (κ1) is 25.1. The Morgan fingerprint density at radius 1 is 0.864 bits per heavy atom. The summed E-state index contributed by atoms with van der Waals surface area (Å²) in [6.45, 7) is 3.60. The first-order chi connectivity index (χ1) is 9.89. The van der Waals surface area contributed by atoms with Gasteiger partial charge in [-0.3, -0.25) is 0 Å². The molecule has 0 spiro atoms. The Kier molecular flexibility index (Phi) is 17.6. The van der Waals surface area contributed by atoms with Gasteiger partial charge in [-0.1, -0.05) is 77.6 Å². The molecule has 0 aromatic heterocycles. The van der Waals surface area contributed by atoms with Crippen LogP contribution in [0, 0.1) is 0 Å². The molecule has 0 saturated heterocycles. The van der Waals surface area contributed by atoms with Gasteiger partial charge in [0.25, 0.3) is 0 Å². The van der Waals surface area contributed by atoms with Gasteiger partial charge in [0.05, 0.1) is 11.4 Å². The molecule has 128 valence electrons. The predicted octanol–water partition coefficient (Wildman–Crippen LogP) is 0.986. The Balaban J connectivity index is 0. The third-order valence-electron chi connectivity index (χ3n) is 4.00. The number of hydrogen-bond donors (Lipinski definition) is 1. The van der Waals surface area contributed by atoms with Crippen molar-refractivity contribution in [2.45, 2.75) is 102 Å². The SMILES string of the molecule is CCCCCCCCCCCCCC(C(C)O)S(=O)(=O)[O-].[Na+]. The Bertz CT molecular complexity index is 331. The fraction of sp³-hybridized carbons (Fsp3) is 1.00. The average Bonchev–Trinajstić information content (AvgIpc) is 2.38. The van der Waals surface area contributed by atoms with Gasteiger partial charge in [-0.25, -0.2) is 8.42 Å². The van der Waals surface area contributed by atoms with Crippen molar-refractivity contribution in [1.29, 1.82) is 0 Å². The van der Waals surface area contributed by atoms with E-state index in [9.17, 15) is 18.1 Å². The van der Waals surface area contributed by atoms with Crippen LogP contribution in [0.2, 0.25) is 0 Å². The van der Waals surface area contributed by atoms with Gasteiger partial charge in [0.15, 0.2) is 0 Å².